The lowest BCUT2D eigenvalue weighted by atomic mass is 9.82. The van der Waals surface area contributed by atoms with Gasteiger partial charge in [0.15, 0.2) is 0 Å². The van der Waals surface area contributed by atoms with Crippen molar-refractivity contribution < 1.29 is 4.79 Å². The standard InChI is InChI=1S/C13H26N2O/c1-4-10-8-6-7-9-11(10)15-12(16)13(3,14)5-2/h10-11H,4-9,14H2,1-3H3,(H,15,16). The van der Waals surface area contributed by atoms with E-state index in [1.165, 1.54) is 19.3 Å². The van der Waals surface area contributed by atoms with Gasteiger partial charge in [0.1, 0.15) is 0 Å². The molecule has 3 atom stereocenters. The number of carbonyl (C=O) groups excluding carboxylic acids is 1. The number of nitrogens with two attached hydrogens (primary N) is 1. The van der Waals surface area contributed by atoms with Gasteiger partial charge in [-0.25, -0.2) is 0 Å². The van der Waals surface area contributed by atoms with Gasteiger partial charge in [-0.3, -0.25) is 4.79 Å². The van der Waals surface area contributed by atoms with Crippen LogP contribution in [0.3, 0.4) is 0 Å². The highest BCUT2D eigenvalue weighted by Crippen LogP contribution is 2.27. The predicted octanol–water partition coefficient (Wildman–Crippen LogP) is 2.20. The van der Waals surface area contributed by atoms with Crippen LogP contribution in [0.15, 0.2) is 0 Å². The van der Waals surface area contributed by atoms with Gasteiger partial charge in [0.05, 0.1) is 5.54 Å². The predicted molar refractivity (Wildman–Crippen MR) is 67.1 cm³/mol. The lowest BCUT2D eigenvalue weighted by Crippen LogP contribution is -2.55. The molecular formula is C13H26N2O. The zero-order valence-electron chi connectivity index (χ0n) is 10.9. The highest BCUT2D eigenvalue weighted by molar-refractivity contribution is 5.85. The summed E-state index contributed by atoms with van der Waals surface area (Å²) in [7, 11) is 0. The Hall–Kier alpha value is -0.570. The molecule has 1 amide bonds. The van der Waals surface area contributed by atoms with Crippen LogP contribution in [0.5, 0.6) is 0 Å². The number of amides is 1. The van der Waals surface area contributed by atoms with E-state index >= 15 is 0 Å². The quantitative estimate of drug-likeness (QED) is 0.772. The normalized spacial score (nSPS) is 29.5. The van der Waals surface area contributed by atoms with Crippen molar-refractivity contribution in [2.45, 2.75) is 70.9 Å². The molecule has 0 aromatic heterocycles. The van der Waals surface area contributed by atoms with Crippen LogP contribution < -0.4 is 11.1 Å². The second-order valence-corrected chi connectivity index (χ2v) is 5.30. The Kier molecular flexibility index (Phi) is 4.78. The molecule has 1 saturated carbocycles. The van der Waals surface area contributed by atoms with Crippen molar-refractivity contribution in [2.75, 3.05) is 0 Å². The van der Waals surface area contributed by atoms with E-state index in [0.717, 1.165) is 12.8 Å². The minimum Gasteiger partial charge on any atom is -0.352 e. The SMILES string of the molecule is CCC1CCCCC1NC(=O)C(C)(N)CC. The van der Waals surface area contributed by atoms with Crippen LogP contribution in [0.2, 0.25) is 0 Å². The molecule has 0 aliphatic heterocycles. The van der Waals surface area contributed by atoms with Crippen molar-refractivity contribution in [2.24, 2.45) is 11.7 Å². The zero-order chi connectivity index (χ0) is 12.2. The fourth-order valence-electron chi connectivity index (χ4n) is 2.38. The van der Waals surface area contributed by atoms with Gasteiger partial charge in [-0.2, -0.15) is 0 Å². The largest absolute Gasteiger partial charge is 0.352 e. The van der Waals surface area contributed by atoms with Gasteiger partial charge in [0.2, 0.25) is 5.91 Å². The summed E-state index contributed by atoms with van der Waals surface area (Å²) in [6, 6.07) is 0.348. The van der Waals surface area contributed by atoms with Crippen LogP contribution in [0.25, 0.3) is 0 Å². The van der Waals surface area contributed by atoms with Crippen molar-refractivity contribution in [3.8, 4) is 0 Å². The average Bonchev–Trinajstić information content (AvgIpc) is 2.29. The van der Waals surface area contributed by atoms with Gasteiger partial charge in [0.25, 0.3) is 0 Å². The van der Waals surface area contributed by atoms with Crippen molar-refractivity contribution in [3.63, 3.8) is 0 Å². The van der Waals surface area contributed by atoms with Crippen molar-refractivity contribution in [1.82, 2.24) is 5.32 Å². The molecule has 1 aliphatic rings. The Morgan fingerprint density at radius 2 is 2.00 bits per heavy atom. The second kappa shape index (κ2) is 5.67. The smallest absolute Gasteiger partial charge is 0.240 e. The summed E-state index contributed by atoms with van der Waals surface area (Å²) in [5.74, 6) is 0.658. The Labute approximate surface area is 99.2 Å². The molecule has 94 valence electrons. The number of rotatable bonds is 4. The topological polar surface area (TPSA) is 55.1 Å². The van der Waals surface area contributed by atoms with E-state index in [0.29, 0.717) is 18.4 Å². The molecule has 0 saturated heterocycles. The van der Waals surface area contributed by atoms with E-state index in [1.54, 1.807) is 0 Å². The molecule has 0 aromatic carbocycles. The fraction of sp³-hybridized carbons (Fsp3) is 0.923. The van der Waals surface area contributed by atoms with Crippen LogP contribution >= 0.6 is 0 Å². The van der Waals surface area contributed by atoms with Crippen LogP contribution in [-0.2, 0) is 4.79 Å². The lowest BCUT2D eigenvalue weighted by molar-refractivity contribution is -0.127. The molecule has 1 fully saturated rings. The minimum atomic E-state index is -0.713. The Morgan fingerprint density at radius 1 is 1.38 bits per heavy atom. The van der Waals surface area contributed by atoms with Gasteiger partial charge >= 0.3 is 0 Å². The van der Waals surface area contributed by atoms with Crippen molar-refractivity contribution in [1.29, 1.82) is 0 Å². The van der Waals surface area contributed by atoms with E-state index < -0.39 is 5.54 Å². The molecule has 3 N–H and O–H groups in total. The maximum atomic E-state index is 12.0. The highest BCUT2D eigenvalue weighted by Gasteiger charge is 2.31. The zero-order valence-corrected chi connectivity index (χ0v) is 10.9. The first-order chi connectivity index (χ1) is 7.51. The molecule has 3 unspecified atom stereocenters. The molecule has 0 bridgehead atoms. The third-order valence-corrected chi connectivity index (χ3v) is 4.00. The third-order valence-electron chi connectivity index (χ3n) is 4.00. The Balaban J connectivity index is 2.54. The molecule has 0 radical (unpaired) electrons. The summed E-state index contributed by atoms with van der Waals surface area (Å²) in [4.78, 5) is 12.0. The number of carbonyl (C=O) groups is 1. The minimum absolute atomic E-state index is 0.0142. The maximum Gasteiger partial charge on any atom is 0.240 e. The van der Waals surface area contributed by atoms with Crippen LogP contribution in [0.1, 0.15) is 59.3 Å². The first-order valence-electron chi connectivity index (χ1n) is 6.61. The van der Waals surface area contributed by atoms with Gasteiger partial charge < -0.3 is 11.1 Å². The maximum absolute atomic E-state index is 12.0. The first-order valence-corrected chi connectivity index (χ1v) is 6.61. The number of nitrogens with one attached hydrogen (secondary N) is 1. The Bertz CT molecular complexity index is 238. The summed E-state index contributed by atoms with van der Waals surface area (Å²) in [5.41, 5.74) is 5.24. The number of hydrogen-bond donors (Lipinski definition) is 2. The van der Waals surface area contributed by atoms with Crippen LogP contribution in [0.4, 0.5) is 0 Å². The van der Waals surface area contributed by atoms with E-state index in [-0.39, 0.29) is 5.91 Å². The Morgan fingerprint density at radius 3 is 2.56 bits per heavy atom. The monoisotopic (exact) mass is 226 g/mol. The second-order valence-electron chi connectivity index (χ2n) is 5.30. The van der Waals surface area contributed by atoms with Gasteiger partial charge in [-0.15, -0.1) is 0 Å². The van der Waals surface area contributed by atoms with E-state index in [9.17, 15) is 4.79 Å². The summed E-state index contributed by atoms with van der Waals surface area (Å²) in [6.45, 7) is 5.97. The lowest BCUT2D eigenvalue weighted by Gasteiger charge is -2.34. The van der Waals surface area contributed by atoms with E-state index in [2.05, 4.69) is 12.2 Å². The van der Waals surface area contributed by atoms with Crippen molar-refractivity contribution in [3.05, 3.63) is 0 Å². The summed E-state index contributed by atoms with van der Waals surface area (Å²) in [6.07, 6.45) is 6.73. The van der Waals surface area contributed by atoms with Gasteiger partial charge in [-0.1, -0.05) is 33.1 Å². The van der Waals surface area contributed by atoms with Gasteiger partial charge in [0, 0.05) is 6.04 Å². The summed E-state index contributed by atoms with van der Waals surface area (Å²) < 4.78 is 0. The highest BCUT2D eigenvalue weighted by atomic mass is 16.2. The molecule has 0 spiro atoms. The molecule has 3 nitrogen and oxygen atoms in total. The summed E-state index contributed by atoms with van der Waals surface area (Å²) in [5, 5.41) is 3.15. The van der Waals surface area contributed by atoms with Crippen LogP contribution in [-0.4, -0.2) is 17.5 Å². The van der Waals surface area contributed by atoms with Crippen LogP contribution in [0, 0.1) is 5.92 Å². The molecule has 0 heterocycles. The van der Waals surface area contributed by atoms with E-state index in [4.69, 9.17) is 5.73 Å². The average molecular weight is 226 g/mol. The number of hydrogen-bond acceptors (Lipinski definition) is 2. The third kappa shape index (κ3) is 3.21. The molecule has 0 aromatic rings. The molecule has 3 heteroatoms. The van der Waals surface area contributed by atoms with E-state index in [1.807, 2.05) is 13.8 Å². The first kappa shape index (κ1) is 13.5. The van der Waals surface area contributed by atoms with Crippen molar-refractivity contribution >= 4 is 5.91 Å². The molecule has 1 rings (SSSR count). The summed E-state index contributed by atoms with van der Waals surface area (Å²) >= 11 is 0. The fourth-order valence-corrected chi connectivity index (χ4v) is 2.38. The molecule has 16 heavy (non-hydrogen) atoms. The van der Waals surface area contributed by atoms with Gasteiger partial charge in [-0.05, 0) is 32.1 Å². The molecular weight excluding hydrogens is 200 g/mol. The molecule has 1 aliphatic carbocycles.